The molecule has 118 valence electrons. The van der Waals surface area contributed by atoms with Crippen molar-refractivity contribution in [2.45, 2.75) is 96.7 Å². The first kappa shape index (κ1) is 17.5. The smallest absolute Gasteiger partial charge is 0.305 e. The molecule has 1 aliphatic heterocycles. The van der Waals surface area contributed by atoms with Gasteiger partial charge < -0.3 is 9.47 Å². The van der Waals surface area contributed by atoms with E-state index >= 15 is 0 Å². The summed E-state index contributed by atoms with van der Waals surface area (Å²) in [6.45, 7) is 4.60. The molecule has 0 amide bonds. The van der Waals surface area contributed by atoms with E-state index in [-0.39, 0.29) is 5.97 Å². The first-order valence-electron chi connectivity index (χ1n) is 8.59. The number of carbonyl (C=O) groups excluding carboxylic acids is 1. The maximum Gasteiger partial charge on any atom is 0.305 e. The number of ether oxygens (including phenoxy) is 2. The second kappa shape index (κ2) is 11.1. The molecule has 0 aromatic carbocycles. The molecule has 0 spiro atoms. The fourth-order valence-electron chi connectivity index (χ4n) is 2.66. The van der Waals surface area contributed by atoms with Gasteiger partial charge in [-0.3, -0.25) is 4.79 Å². The van der Waals surface area contributed by atoms with E-state index in [1.54, 1.807) is 0 Å². The van der Waals surface area contributed by atoms with E-state index in [0.717, 1.165) is 19.3 Å². The molecule has 20 heavy (non-hydrogen) atoms. The Kier molecular flexibility index (Phi) is 9.73. The quantitative estimate of drug-likeness (QED) is 0.281. The van der Waals surface area contributed by atoms with Crippen LogP contribution < -0.4 is 0 Å². The minimum Gasteiger partial charge on any atom is -0.466 e. The summed E-state index contributed by atoms with van der Waals surface area (Å²) in [5.74, 6) is -0.0622. The molecule has 0 radical (unpaired) electrons. The fourth-order valence-corrected chi connectivity index (χ4v) is 2.66. The van der Waals surface area contributed by atoms with Gasteiger partial charge in [-0.2, -0.15) is 0 Å². The standard InChI is InChI=1S/C17H32O3/c1-3-5-6-7-8-9-12-15-16(20-15)13-10-11-14-17(18)19-4-2/h15-16H,3-14H2,1-2H3. The molecule has 2 atom stereocenters. The highest BCUT2D eigenvalue weighted by molar-refractivity contribution is 5.69. The van der Waals surface area contributed by atoms with E-state index < -0.39 is 0 Å². The van der Waals surface area contributed by atoms with E-state index in [1.807, 2.05) is 6.92 Å². The highest BCUT2D eigenvalue weighted by Crippen LogP contribution is 2.31. The lowest BCUT2D eigenvalue weighted by atomic mass is 10.0. The van der Waals surface area contributed by atoms with Gasteiger partial charge in [-0.05, 0) is 26.2 Å². The summed E-state index contributed by atoms with van der Waals surface area (Å²) in [5.41, 5.74) is 0. The number of rotatable bonds is 13. The minimum atomic E-state index is -0.0622. The second-order valence-electron chi connectivity index (χ2n) is 5.82. The van der Waals surface area contributed by atoms with Crippen LogP contribution in [0.1, 0.15) is 84.5 Å². The molecular weight excluding hydrogens is 252 g/mol. The molecule has 0 aromatic heterocycles. The Bertz CT molecular complexity index is 253. The van der Waals surface area contributed by atoms with Crippen LogP contribution in [0.5, 0.6) is 0 Å². The number of carbonyl (C=O) groups is 1. The number of epoxide rings is 1. The van der Waals surface area contributed by atoms with Crippen molar-refractivity contribution in [2.75, 3.05) is 6.61 Å². The topological polar surface area (TPSA) is 38.8 Å². The summed E-state index contributed by atoms with van der Waals surface area (Å²) in [5, 5.41) is 0. The average molecular weight is 284 g/mol. The fraction of sp³-hybridized carbons (Fsp3) is 0.941. The van der Waals surface area contributed by atoms with Crippen molar-refractivity contribution in [1.82, 2.24) is 0 Å². The Morgan fingerprint density at radius 1 is 0.900 bits per heavy atom. The van der Waals surface area contributed by atoms with Crippen molar-refractivity contribution >= 4 is 5.97 Å². The Labute approximate surface area is 124 Å². The van der Waals surface area contributed by atoms with Crippen molar-refractivity contribution in [3.8, 4) is 0 Å². The molecule has 1 rings (SSSR count). The van der Waals surface area contributed by atoms with E-state index in [0.29, 0.717) is 25.2 Å². The Hall–Kier alpha value is -0.570. The third-order valence-electron chi connectivity index (χ3n) is 3.95. The van der Waals surface area contributed by atoms with Crippen LogP contribution in [0.3, 0.4) is 0 Å². The zero-order chi connectivity index (χ0) is 14.6. The van der Waals surface area contributed by atoms with Crippen LogP contribution in [0.25, 0.3) is 0 Å². The Morgan fingerprint density at radius 3 is 2.15 bits per heavy atom. The van der Waals surface area contributed by atoms with E-state index in [4.69, 9.17) is 9.47 Å². The van der Waals surface area contributed by atoms with Gasteiger partial charge >= 0.3 is 5.97 Å². The Morgan fingerprint density at radius 2 is 1.50 bits per heavy atom. The van der Waals surface area contributed by atoms with Gasteiger partial charge in [0, 0.05) is 6.42 Å². The molecule has 1 fully saturated rings. The molecule has 0 saturated carbocycles. The summed E-state index contributed by atoms with van der Waals surface area (Å²) < 4.78 is 10.6. The lowest BCUT2D eigenvalue weighted by molar-refractivity contribution is -0.143. The second-order valence-corrected chi connectivity index (χ2v) is 5.82. The maximum atomic E-state index is 11.2. The zero-order valence-corrected chi connectivity index (χ0v) is 13.4. The minimum absolute atomic E-state index is 0.0622. The lowest BCUT2D eigenvalue weighted by Gasteiger charge is -2.01. The molecule has 3 heteroatoms. The number of hydrogen-bond acceptors (Lipinski definition) is 3. The summed E-state index contributed by atoms with van der Waals surface area (Å²) in [7, 11) is 0. The van der Waals surface area contributed by atoms with Gasteiger partial charge in [-0.15, -0.1) is 0 Å². The van der Waals surface area contributed by atoms with Crippen LogP contribution in [-0.2, 0) is 14.3 Å². The predicted octanol–water partition coefficient (Wildman–Crippen LogP) is 4.63. The third kappa shape index (κ3) is 8.57. The van der Waals surface area contributed by atoms with Gasteiger partial charge in [0.05, 0.1) is 18.8 Å². The molecular formula is C17H32O3. The van der Waals surface area contributed by atoms with Gasteiger partial charge in [0.1, 0.15) is 0 Å². The van der Waals surface area contributed by atoms with Crippen LogP contribution in [0, 0.1) is 0 Å². The van der Waals surface area contributed by atoms with Gasteiger partial charge in [-0.25, -0.2) is 0 Å². The van der Waals surface area contributed by atoms with Crippen molar-refractivity contribution in [3.05, 3.63) is 0 Å². The first-order chi connectivity index (χ1) is 9.77. The molecule has 0 bridgehead atoms. The lowest BCUT2D eigenvalue weighted by Crippen LogP contribution is -2.03. The van der Waals surface area contributed by atoms with Crippen LogP contribution in [-0.4, -0.2) is 24.8 Å². The summed E-state index contributed by atoms with van der Waals surface area (Å²) >= 11 is 0. The molecule has 2 unspecified atom stereocenters. The summed E-state index contributed by atoms with van der Waals surface area (Å²) in [6, 6.07) is 0. The van der Waals surface area contributed by atoms with Gasteiger partial charge in [0.15, 0.2) is 0 Å². The van der Waals surface area contributed by atoms with Gasteiger partial charge in [0.25, 0.3) is 0 Å². The van der Waals surface area contributed by atoms with Gasteiger partial charge in [-0.1, -0.05) is 51.9 Å². The largest absolute Gasteiger partial charge is 0.466 e. The molecule has 1 saturated heterocycles. The number of unbranched alkanes of at least 4 members (excludes halogenated alkanes) is 6. The van der Waals surface area contributed by atoms with Crippen LogP contribution in [0.15, 0.2) is 0 Å². The number of hydrogen-bond donors (Lipinski definition) is 0. The monoisotopic (exact) mass is 284 g/mol. The molecule has 0 aliphatic carbocycles. The predicted molar refractivity (Wildman–Crippen MR) is 81.8 cm³/mol. The van der Waals surface area contributed by atoms with Crippen molar-refractivity contribution < 1.29 is 14.3 Å². The van der Waals surface area contributed by atoms with Crippen molar-refractivity contribution in [2.24, 2.45) is 0 Å². The summed E-state index contributed by atoms with van der Waals surface area (Å²) in [4.78, 5) is 11.2. The summed E-state index contributed by atoms with van der Waals surface area (Å²) in [6.07, 6.45) is 14.0. The van der Waals surface area contributed by atoms with Crippen LogP contribution >= 0.6 is 0 Å². The highest BCUT2D eigenvalue weighted by atomic mass is 16.6. The van der Waals surface area contributed by atoms with Crippen molar-refractivity contribution in [3.63, 3.8) is 0 Å². The zero-order valence-electron chi connectivity index (χ0n) is 13.4. The van der Waals surface area contributed by atoms with E-state index in [9.17, 15) is 4.79 Å². The maximum absolute atomic E-state index is 11.2. The first-order valence-corrected chi connectivity index (χ1v) is 8.59. The van der Waals surface area contributed by atoms with E-state index in [1.165, 1.54) is 44.9 Å². The molecule has 3 nitrogen and oxygen atoms in total. The van der Waals surface area contributed by atoms with Crippen LogP contribution in [0.4, 0.5) is 0 Å². The Balaban J connectivity index is 1.83. The molecule has 1 aliphatic rings. The average Bonchev–Trinajstić information content (AvgIpc) is 3.18. The molecule has 0 aromatic rings. The van der Waals surface area contributed by atoms with Crippen LogP contribution in [0.2, 0.25) is 0 Å². The number of esters is 1. The normalized spacial score (nSPS) is 20.9. The van der Waals surface area contributed by atoms with E-state index in [2.05, 4.69) is 6.92 Å². The molecule has 0 N–H and O–H groups in total. The highest BCUT2D eigenvalue weighted by Gasteiger charge is 2.36. The SMILES string of the molecule is CCCCCCCCC1OC1CCCCC(=O)OCC. The molecule has 1 heterocycles. The van der Waals surface area contributed by atoms with Crippen molar-refractivity contribution in [1.29, 1.82) is 0 Å². The third-order valence-corrected chi connectivity index (χ3v) is 3.95. The van der Waals surface area contributed by atoms with Gasteiger partial charge in [0.2, 0.25) is 0 Å².